The molecule has 1 fully saturated rings. The quantitative estimate of drug-likeness (QED) is 0.758. The summed E-state index contributed by atoms with van der Waals surface area (Å²) in [7, 11) is 0. The van der Waals surface area contributed by atoms with E-state index < -0.39 is 0 Å². The molecule has 0 atom stereocenters. The third kappa shape index (κ3) is 5.52. The summed E-state index contributed by atoms with van der Waals surface area (Å²) < 4.78 is 5.67. The second-order valence-corrected chi connectivity index (χ2v) is 5.69. The first-order valence-corrected chi connectivity index (χ1v) is 7.78. The Morgan fingerprint density at radius 1 is 1.16 bits per heavy atom. The summed E-state index contributed by atoms with van der Waals surface area (Å²) in [6.45, 7) is 2.47. The van der Waals surface area contributed by atoms with E-state index in [1.54, 1.807) is 0 Å². The number of ether oxygens (including phenoxy) is 1. The standard InChI is InChI=1S/C16H24ClNO/c17-16-10-5-4-7-14(16)13-19-12-6-11-18-15-8-2-1-3-9-15/h4-5,7,10,15,18H,1-3,6,8-9,11-13H2. The first kappa shape index (κ1) is 14.8. The molecule has 19 heavy (non-hydrogen) atoms. The fourth-order valence-corrected chi connectivity index (χ4v) is 2.77. The van der Waals surface area contributed by atoms with Gasteiger partial charge in [-0.25, -0.2) is 0 Å². The maximum Gasteiger partial charge on any atom is 0.0731 e. The van der Waals surface area contributed by atoms with Crippen molar-refractivity contribution in [3.8, 4) is 0 Å². The number of halogens is 1. The molecule has 2 nitrogen and oxygen atoms in total. The van der Waals surface area contributed by atoms with Crippen molar-refractivity contribution in [2.24, 2.45) is 0 Å². The van der Waals surface area contributed by atoms with E-state index in [1.165, 1.54) is 32.1 Å². The molecule has 1 aromatic carbocycles. The van der Waals surface area contributed by atoms with Gasteiger partial charge in [0.05, 0.1) is 6.61 Å². The van der Waals surface area contributed by atoms with Crippen LogP contribution in [0, 0.1) is 0 Å². The molecule has 0 unspecified atom stereocenters. The molecule has 0 saturated heterocycles. The maximum atomic E-state index is 6.07. The molecule has 0 radical (unpaired) electrons. The molecule has 106 valence electrons. The van der Waals surface area contributed by atoms with Gasteiger partial charge in [-0.15, -0.1) is 0 Å². The smallest absolute Gasteiger partial charge is 0.0731 e. The van der Waals surface area contributed by atoms with E-state index in [9.17, 15) is 0 Å². The predicted molar refractivity (Wildman–Crippen MR) is 80.6 cm³/mol. The van der Waals surface area contributed by atoms with Crippen LogP contribution >= 0.6 is 11.6 Å². The highest BCUT2D eigenvalue weighted by molar-refractivity contribution is 6.31. The third-order valence-corrected chi connectivity index (χ3v) is 4.09. The van der Waals surface area contributed by atoms with E-state index in [2.05, 4.69) is 5.32 Å². The minimum absolute atomic E-state index is 0.614. The number of hydrogen-bond donors (Lipinski definition) is 1. The first-order valence-electron chi connectivity index (χ1n) is 7.41. The second-order valence-electron chi connectivity index (χ2n) is 5.29. The van der Waals surface area contributed by atoms with Gasteiger partial charge in [0.1, 0.15) is 0 Å². The van der Waals surface area contributed by atoms with Crippen molar-refractivity contribution in [3.05, 3.63) is 34.9 Å². The van der Waals surface area contributed by atoms with Crippen LogP contribution in [-0.2, 0) is 11.3 Å². The highest BCUT2D eigenvalue weighted by atomic mass is 35.5. The van der Waals surface area contributed by atoms with Gasteiger partial charge < -0.3 is 10.1 Å². The molecule has 0 aromatic heterocycles. The van der Waals surface area contributed by atoms with Crippen molar-refractivity contribution in [2.45, 2.75) is 51.2 Å². The largest absolute Gasteiger partial charge is 0.377 e. The molecule has 1 saturated carbocycles. The van der Waals surface area contributed by atoms with E-state index >= 15 is 0 Å². The summed E-state index contributed by atoms with van der Waals surface area (Å²) in [6, 6.07) is 8.61. The minimum Gasteiger partial charge on any atom is -0.377 e. The van der Waals surface area contributed by atoms with E-state index in [0.29, 0.717) is 6.61 Å². The Morgan fingerprint density at radius 2 is 1.95 bits per heavy atom. The summed E-state index contributed by atoms with van der Waals surface area (Å²) in [5.74, 6) is 0. The molecule has 2 rings (SSSR count). The van der Waals surface area contributed by atoms with Crippen molar-refractivity contribution in [1.29, 1.82) is 0 Å². The topological polar surface area (TPSA) is 21.3 Å². The van der Waals surface area contributed by atoms with Crippen molar-refractivity contribution in [3.63, 3.8) is 0 Å². The van der Waals surface area contributed by atoms with Crippen LogP contribution in [0.5, 0.6) is 0 Å². The zero-order valence-electron chi connectivity index (χ0n) is 11.5. The highest BCUT2D eigenvalue weighted by Gasteiger charge is 2.11. The highest BCUT2D eigenvalue weighted by Crippen LogP contribution is 2.17. The number of rotatable bonds is 7. The monoisotopic (exact) mass is 281 g/mol. The Hall–Kier alpha value is -0.570. The zero-order chi connectivity index (χ0) is 13.3. The van der Waals surface area contributed by atoms with Crippen molar-refractivity contribution < 1.29 is 4.74 Å². The Labute approximate surface area is 121 Å². The van der Waals surface area contributed by atoms with E-state index in [1.807, 2.05) is 24.3 Å². The van der Waals surface area contributed by atoms with Crippen molar-refractivity contribution >= 4 is 11.6 Å². The van der Waals surface area contributed by atoms with Crippen LogP contribution in [-0.4, -0.2) is 19.2 Å². The van der Waals surface area contributed by atoms with Crippen molar-refractivity contribution in [1.82, 2.24) is 5.32 Å². The van der Waals surface area contributed by atoms with Gasteiger partial charge in [-0.05, 0) is 37.4 Å². The normalized spacial score (nSPS) is 16.7. The molecule has 0 spiro atoms. The van der Waals surface area contributed by atoms with Gasteiger partial charge in [0.15, 0.2) is 0 Å². The Bertz CT molecular complexity index is 364. The lowest BCUT2D eigenvalue weighted by Gasteiger charge is -2.22. The summed E-state index contributed by atoms with van der Waals surface area (Å²) >= 11 is 6.07. The zero-order valence-corrected chi connectivity index (χ0v) is 12.3. The van der Waals surface area contributed by atoms with Gasteiger partial charge in [0.25, 0.3) is 0 Å². The van der Waals surface area contributed by atoms with Crippen LogP contribution in [0.4, 0.5) is 0 Å². The van der Waals surface area contributed by atoms with Crippen LogP contribution in [0.3, 0.4) is 0 Å². The fraction of sp³-hybridized carbons (Fsp3) is 0.625. The molecule has 1 aromatic rings. The van der Waals surface area contributed by atoms with Gasteiger partial charge >= 0.3 is 0 Å². The Kier molecular flexibility index (Phi) is 6.69. The first-order chi connectivity index (χ1) is 9.36. The van der Waals surface area contributed by atoms with Crippen LogP contribution < -0.4 is 5.32 Å². The Balaban J connectivity index is 1.51. The Morgan fingerprint density at radius 3 is 2.74 bits per heavy atom. The second kappa shape index (κ2) is 8.57. The summed E-state index contributed by atoms with van der Waals surface area (Å²) in [5.41, 5.74) is 1.07. The number of benzene rings is 1. The molecule has 1 aliphatic rings. The molecule has 0 aliphatic heterocycles. The van der Waals surface area contributed by atoms with Crippen LogP contribution in [0.2, 0.25) is 5.02 Å². The van der Waals surface area contributed by atoms with Gasteiger partial charge in [0.2, 0.25) is 0 Å². The number of hydrogen-bond acceptors (Lipinski definition) is 2. The molecular formula is C16H24ClNO. The lowest BCUT2D eigenvalue weighted by Crippen LogP contribution is -2.32. The van der Waals surface area contributed by atoms with Crippen LogP contribution in [0.25, 0.3) is 0 Å². The van der Waals surface area contributed by atoms with Gasteiger partial charge in [-0.2, -0.15) is 0 Å². The van der Waals surface area contributed by atoms with E-state index in [4.69, 9.17) is 16.3 Å². The van der Waals surface area contributed by atoms with E-state index in [0.717, 1.165) is 36.2 Å². The maximum absolute atomic E-state index is 6.07. The van der Waals surface area contributed by atoms with Gasteiger partial charge in [-0.3, -0.25) is 0 Å². The molecular weight excluding hydrogens is 258 g/mol. The average molecular weight is 282 g/mol. The summed E-state index contributed by atoms with van der Waals surface area (Å²) in [5, 5.41) is 4.42. The average Bonchev–Trinajstić information content (AvgIpc) is 2.45. The minimum atomic E-state index is 0.614. The molecule has 0 bridgehead atoms. The predicted octanol–water partition coefficient (Wildman–Crippen LogP) is 4.17. The van der Waals surface area contributed by atoms with Crippen molar-refractivity contribution in [2.75, 3.05) is 13.2 Å². The third-order valence-electron chi connectivity index (χ3n) is 3.72. The van der Waals surface area contributed by atoms with Crippen LogP contribution in [0.15, 0.2) is 24.3 Å². The fourth-order valence-electron chi connectivity index (χ4n) is 2.58. The summed E-state index contributed by atoms with van der Waals surface area (Å²) in [4.78, 5) is 0. The molecule has 0 amide bonds. The SMILES string of the molecule is Clc1ccccc1COCCCNC1CCCCC1. The molecule has 1 aliphatic carbocycles. The van der Waals surface area contributed by atoms with Gasteiger partial charge in [-0.1, -0.05) is 49.1 Å². The lowest BCUT2D eigenvalue weighted by molar-refractivity contribution is 0.117. The molecule has 1 N–H and O–H groups in total. The summed E-state index contributed by atoms with van der Waals surface area (Å²) in [6.07, 6.45) is 7.96. The van der Waals surface area contributed by atoms with Gasteiger partial charge in [0, 0.05) is 17.7 Å². The molecule has 0 heterocycles. The number of nitrogens with one attached hydrogen (secondary N) is 1. The van der Waals surface area contributed by atoms with E-state index in [-0.39, 0.29) is 0 Å². The molecule has 3 heteroatoms. The van der Waals surface area contributed by atoms with Crippen LogP contribution in [0.1, 0.15) is 44.1 Å². The lowest BCUT2D eigenvalue weighted by atomic mass is 9.95.